The number of nitrogens with zero attached hydrogens (tertiary/aromatic N) is 1. The molecule has 6 heteroatoms. The Morgan fingerprint density at radius 3 is 2.23 bits per heavy atom. The van der Waals surface area contributed by atoms with E-state index in [1.807, 2.05) is 0 Å². The number of hydrogen-bond acceptors (Lipinski definition) is 3. The predicted octanol–water partition coefficient (Wildman–Crippen LogP) is 2.94. The summed E-state index contributed by atoms with van der Waals surface area (Å²) >= 11 is 0. The third-order valence-electron chi connectivity index (χ3n) is 5.06. The Morgan fingerprint density at radius 1 is 1.12 bits per heavy atom. The van der Waals surface area contributed by atoms with Gasteiger partial charge < -0.3 is 15.7 Å². The largest absolute Gasteiger partial charge is 0.478 e. The molecule has 2 amide bonds. The maximum Gasteiger partial charge on any atom is 0.335 e. The Balaban J connectivity index is 1.79. The summed E-state index contributed by atoms with van der Waals surface area (Å²) in [7, 11) is 0. The first-order valence-electron chi connectivity index (χ1n) is 9.26. The number of piperidine rings is 1. The van der Waals surface area contributed by atoms with Crippen molar-refractivity contribution in [3.8, 4) is 0 Å². The molecule has 0 aromatic heterocycles. The van der Waals surface area contributed by atoms with E-state index in [-0.39, 0.29) is 17.1 Å². The van der Waals surface area contributed by atoms with E-state index < -0.39 is 5.97 Å². The minimum atomic E-state index is -0.953. The summed E-state index contributed by atoms with van der Waals surface area (Å²) in [5.74, 6) is 0.409. The zero-order chi connectivity index (χ0) is 19.3. The van der Waals surface area contributed by atoms with Gasteiger partial charge in [0.05, 0.1) is 5.56 Å². The molecule has 1 aliphatic rings. The van der Waals surface area contributed by atoms with Crippen LogP contribution < -0.4 is 10.6 Å². The summed E-state index contributed by atoms with van der Waals surface area (Å²) in [5, 5.41) is 14.7. The summed E-state index contributed by atoms with van der Waals surface area (Å²) in [6.45, 7) is 12.0. The molecule has 0 aliphatic carbocycles. The van der Waals surface area contributed by atoms with Crippen LogP contribution in [0.3, 0.4) is 0 Å². The molecule has 144 valence electrons. The number of carboxylic acid groups (broad SMARTS) is 1. The summed E-state index contributed by atoms with van der Waals surface area (Å²) in [6, 6.07) is 6.30. The Kier molecular flexibility index (Phi) is 6.64. The van der Waals surface area contributed by atoms with Crippen LogP contribution in [-0.2, 0) is 6.54 Å². The fourth-order valence-corrected chi connectivity index (χ4v) is 3.58. The quantitative estimate of drug-likeness (QED) is 0.728. The van der Waals surface area contributed by atoms with Crippen LogP contribution in [0.4, 0.5) is 4.79 Å². The summed E-state index contributed by atoms with van der Waals surface area (Å²) in [5.41, 5.74) is 1.01. The standard InChI is InChI=1S/C20H31N3O3/c1-14-9-15(2)12-23(11-14)20(3,4)13-22-19(26)21-10-16-5-7-17(8-6-16)18(24)25/h5-8,14-15H,9-13H2,1-4H3,(H,24,25)(H2,21,22,26). The van der Waals surface area contributed by atoms with E-state index in [4.69, 9.17) is 5.11 Å². The minimum Gasteiger partial charge on any atom is -0.478 e. The van der Waals surface area contributed by atoms with Gasteiger partial charge in [-0.05, 0) is 49.8 Å². The van der Waals surface area contributed by atoms with Crippen LogP contribution in [0.15, 0.2) is 24.3 Å². The van der Waals surface area contributed by atoms with Crippen LogP contribution in [0.25, 0.3) is 0 Å². The maximum absolute atomic E-state index is 12.1. The fourth-order valence-electron chi connectivity index (χ4n) is 3.58. The number of hydrogen-bond donors (Lipinski definition) is 3. The van der Waals surface area contributed by atoms with E-state index >= 15 is 0 Å². The molecule has 2 unspecified atom stereocenters. The summed E-state index contributed by atoms with van der Waals surface area (Å²) in [6.07, 6.45) is 1.27. The number of carbonyl (C=O) groups is 2. The first-order chi connectivity index (χ1) is 12.2. The van der Waals surface area contributed by atoms with Crippen molar-refractivity contribution in [2.75, 3.05) is 19.6 Å². The highest BCUT2D eigenvalue weighted by Gasteiger charge is 2.32. The number of carbonyl (C=O) groups excluding carboxylic acids is 1. The fraction of sp³-hybridized carbons (Fsp3) is 0.600. The molecule has 1 heterocycles. The second-order valence-electron chi connectivity index (χ2n) is 8.20. The number of benzene rings is 1. The van der Waals surface area contributed by atoms with Gasteiger partial charge in [0.25, 0.3) is 0 Å². The van der Waals surface area contributed by atoms with Gasteiger partial charge in [-0.2, -0.15) is 0 Å². The number of amides is 2. The van der Waals surface area contributed by atoms with E-state index in [0.29, 0.717) is 24.9 Å². The third-order valence-corrected chi connectivity index (χ3v) is 5.06. The van der Waals surface area contributed by atoms with Crippen molar-refractivity contribution in [3.05, 3.63) is 35.4 Å². The van der Waals surface area contributed by atoms with Crippen molar-refractivity contribution in [2.24, 2.45) is 11.8 Å². The van der Waals surface area contributed by atoms with Crippen molar-refractivity contribution >= 4 is 12.0 Å². The van der Waals surface area contributed by atoms with Gasteiger partial charge in [0.1, 0.15) is 0 Å². The molecule has 0 bridgehead atoms. The van der Waals surface area contributed by atoms with Crippen molar-refractivity contribution in [3.63, 3.8) is 0 Å². The van der Waals surface area contributed by atoms with Crippen molar-refractivity contribution in [1.82, 2.24) is 15.5 Å². The molecule has 1 saturated heterocycles. The molecule has 1 aromatic rings. The average molecular weight is 361 g/mol. The van der Waals surface area contributed by atoms with E-state index in [0.717, 1.165) is 18.7 Å². The Labute approximate surface area is 156 Å². The van der Waals surface area contributed by atoms with Gasteiger partial charge in [-0.1, -0.05) is 26.0 Å². The van der Waals surface area contributed by atoms with Crippen LogP contribution in [-0.4, -0.2) is 47.2 Å². The van der Waals surface area contributed by atoms with Crippen LogP contribution in [0, 0.1) is 11.8 Å². The number of likely N-dealkylation sites (tertiary alicyclic amines) is 1. The highest BCUT2D eigenvalue weighted by molar-refractivity contribution is 5.87. The lowest BCUT2D eigenvalue weighted by Crippen LogP contribution is -2.56. The lowest BCUT2D eigenvalue weighted by Gasteiger charge is -2.45. The zero-order valence-electron chi connectivity index (χ0n) is 16.2. The molecule has 2 atom stereocenters. The number of urea groups is 1. The highest BCUT2D eigenvalue weighted by atomic mass is 16.4. The molecule has 6 nitrogen and oxygen atoms in total. The monoisotopic (exact) mass is 361 g/mol. The van der Waals surface area contributed by atoms with Gasteiger partial charge in [0, 0.05) is 31.7 Å². The molecular weight excluding hydrogens is 330 g/mol. The molecule has 3 N–H and O–H groups in total. The minimum absolute atomic E-state index is 0.0938. The number of rotatable bonds is 6. The molecule has 2 rings (SSSR count). The molecular formula is C20H31N3O3. The molecule has 1 fully saturated rings. The Hall–Kier alpha value is -2.08. The van der Waals surface area contributed by atoms with Gasteiger partial charge in [-0.3, -0.25) is 4.90 Å². The van der Waals surface area contributed by atoms with E-state index in [1.54, 1.807) is 24.3 Å². The third kappa shape index (κ3) is 5.73. The lowest BCUT2D eigenvalue weighted by molar-refractivity contribution is 0.0472. The normalized spacial score (nSPS) is 21.2. The van der Waals surface area contributed by atoms with Crippen molar-refractivity contribution in [2.45, 2.75) is 46.2 Å². The highest BCUT2D eigenvalue weighted by Crippen LogP contribution is 2.26. The molecule has 0 spiro atoms. The van der Waals surface area contributed by atoms with Gasteiger partial charge in [0.15, 0.2) is 0 Å². The van der Waals surface area contributed by atoms with Gasteiger partial charge in [0.2, 0.25) is 0 Å². The number of aromatic carboxylic acids is 1. The van der Waals surface area contributed by atoms with Crippen molar-refractivity contribution < 1.29 is 14.7 Å². The van der Waals surface area contributed by atoms with Crippen LogP contribution in [0.1, 0.15) is 50.0 Å². The molecule has 0 radical (unpaired) electrons. The number of nitrogens with one attached hydrogen (secondary N) is 2. The van der Waals surface area contributed by atoms with E-state index in [2.05, 4.69) is 43.2 Å². The van der Waals surface area contributed by atoms with Crippen molar-refractivity contribution in [1.29, 1.82) is 0 Å². The molecule has 1 aromatic carbocycles. The summed E-state index contributed by atoms with van der Waals surface area (Å²) < 4.78 is 0. The lowest BCUT2D eigenvalue weighted by atomic mass is 9.88. The molecule has 0 saturated carbocycles. The van der Waals surface area contributed by atoms with Gasteiger partial charge in [-0.25, -0.2) is 9.59 Å². The van der Waals surface area contributed by atoms with Gasteiger partial charge >= 0.3 is 12.0 Å². The Morgan fingerprint density at radius 2 is 1.69 bits per heavy atom. The second kappa shape index (κ2) is 8.54. The second-order valence-corrected chi connectivity index (χ2v) is 8.20. The zero-order valence-corrected chi connectivity index (χ0v) is 16.2. The van der Waals surface area contributed by atoms with E-state index in [1.165, 1.54) is 6.42 Å². The predicted molar refractivity (Wildman–Crippen MR) is 102 cm³/mol. The van der Waals surface area contributed by atoms with Crippen LogP contribution >= 0.6 is 0 Å². The van der Waals surface area contributed by atoms with E-state index in [9.17, 15) is 9.59 Å². The average Bonchev–Trinajstić information content (AvgIpc) is 2.57. The molecule has 26 heavy (non-hydrogen) atoms. The van der Waals surface area contributed by atoms with Crippen LogP contribution in [0.2, 0.25) is 0 Å². The van der Waals surface area contributed by atoms with Gasteiger partial charge in [-0.15, -0.1) is 0 Å². The number of carboxylic acids is 1. The SMILES string of the molecule is CC1CC(C)CN(C(C)(C)CNC(=O)NCc2ccc(C(=O)O)cc2)C1. The maximum atomic E-state index is 12.1. The van der Waals surface area contributed by atoms with Crippen LogP contribution in [0.5, 0.6) is 0 Å². The first-order valence-corrected chi connectivity index (χ1v) is 9.26. The first kappa shape index (κ1) is 20.2. The summed E-state index contributed by atoms with van der Waals surface area (Å²) in [4.78, 5) is 25.4. The molecule has 1 aliphatic heterocycles. The topological polar surface area (TPSA) is 81.7 Å². The Bertz CT molecular complexity index is 618. The smallest absolute Gasteiger partial charge is 0.335 e.